The molecule has 0 aliphatic carbocycles. The Morgan fingerprint density at radius 2 is 1.91 bits per heavy atom. The van der Waals surface area contributed by atoms with Gasteiger partial charge in [-0.2, -0.15) is 0 Å². The number of amides is 2. The zero-order valence-electron chi connectivity index (χ0n) is 20.7. The molecule has 1 aliphatic rings. The first-order valence-electron chi connectivity index (χ1n) is 12.2. The summed E-state index contributed by atoms with van der Waals surface area (Å²) in [6, 6.07) is 8.86. The second kappa shape index (κ2) is 13.9. The van der Waals surface area contributed by atoms with Crippen molar-refractivity contribution in [2.45, 2.75) is 77.8 Å². The highest BCUT2D eigenvalue weighted by molar-refractivity contribution is 5.86. The maximum atomic E-state index is 13.2. The lowest BCUT2D eigenvalue weighted by Gasteiger charge is -2.32. The summed E-state index contributed by atoms with van der Waals surface area (Å²) in [5.74, 6) is -1.33. The van der Waals surface area contributed by atoms with Crippen molar-refractivity contribution in [3.8, 4) is 0 Å². The minimum atomic E-state index is -0.559. The van der Waals surface area contributed by atoms with Gasteiger partial charge in [0.05, 0.1) is 24.6 Å². The molecule has 3 N–H and O–H groups in total. The zero-order valence-corrected chi connectivity index (χ0v) is 20.7. The monoisotopic (exact) mass is 472 g/mol. The SMILES string of the molecule is CC(C)(C)[C@H]1COC(=O)CCCCC=CC[C@H](CC(=O)N[C@@H](CO)Cc2ccccc2)C(=O)N1. The summed E-state index contributed by atoms with van der Waals surface area (Å²) >= 11 is 0. The Morgan fingerprint density at radius 3 is 2.59 bits per heavy atom. The van der Waals surface area contributed by atoms with Gasteiger partial charge in [0.25, 0.3) is 0 Å². The van der Waals surface area contributed by atoms with Crippen LogP contribution in [0.15, 0.2) is 42.5 Å². The number of benzene rings is 1. The van der Waals surface area contributed by atoms with Crippen LogP contribution in [0.3, 0.4) is 0 Å². The van der Waals surface area contributed by atoms with E-state index < -0.39 is 12.0 Å². The van der Waals surface area contributed by atoms with Crippen LogP contribution in [0.25, 0.3) is 0 Å². The van der Waals surface area contributed by atoms with Crippen molar-refractivity contribution >= 4 is 17.8 Å². The third kappa shape index (κ3) is 10.1. The van der Waals surface area contributed by atoms with Crippen molar-refractivity contribution in [3.63, 3.8) is 0 Å². The fourth-order valence-corrected chi connectivity index (χ4v) is 3.81. The van der Waals surface area contributed by atoms with Gasteiger partial charge in [-0.3, -0.25) is 14.4 Å². The van der Waals surface area contributed by atoms with E-state index in [1.54, 1.807) is 0 Å². The maximum Gasteiger partial charge on any atom is 0.305 e. The van der Waals surface area contributed by atoms with Gasteiger partial charge >= 0.3 is 5.97 Å². The fourth-order valence-electron chi connectivity index (χ4n) is 3.81. The number of aliphatic hydroxyl groups excluding tert-OH is 1. The lowest BCUT2D eigenvalue weighted by molar-refractivity contribution is -0.146. The number of allylic oxidation sites excluding steroid dienone is 2. The lowest BCUT2D eigenvalue weighted by atomic mass is 9.86. The van der Waals surface area contributed by atoms with Crippen LogP contribution >= 0.6 is 0 Å². The molecule has 3 atom stereocenters. The van der Waals surface area contributed by atoms with E-state index in [0.717, 1.165) is 24.8 Å². The Labute approximate surface area is 203 Å². The van der Waals surface area contributed by atoms with Crippen LogP contribution in [-0.4, -0.2) is 48.2 Å². The number of hydrogen-bond donors (Lipinski definition) is 3. The number of nitrogens with one attached hydrogen (secondary N) is 2. The summed E-state index contributed by atoms with van der Waals surface area (Å²) in [4.78, 5) is 38.1. The van der Waals surface area contributed by atoms with Gasteiger partial charge in [0.1, 0.15) is 6.61 Å². The Balaban J connectivity index is 2.08. The first-order chi connectivity index (χ1) is 16.2. The van der Waals surface area contributed by atoms with Crippen molar-refractivity contribution in [1.82, 2.24) is 10.6 Å². The van der Waals surface area contributed by atoms with Gasteiger partial charge in [0.15, 0.2) is 0 Å². The molecule has 2 rings (SSSR count). The van der Waals surface area contributed by atoms with Crippen molar-refractivity contribution in [1.29, 1.82) is 0 Å². The fraction of sp³-hybridized carbons (Fsp3) is 0.593. The molecule has 0 radical (unpaired) electrons. The van der Waals surface area contributed by atoms with Crippen LogP contribution < -0.4 is 10.6 Å². The molecule has 1 aromatic carbocycles. The Bertz CT molecular complexity index is 816. The second-order valence-corrected chi connectivity index (χ2v) is 10.1. The summed E-state index contributed by atoms with van der Waals surface area (Å²) < 4.78 is 5.44. The van der Waals surface area contributed by atoms with Gasteiger partial charge in [-0.15, -0.1) is 0 Å². The molecule has 0 bridgehead atoms. The summed E-state index contributed by atoms with van der Waals surface area (Å²) in [6.07, 6.45) is 7.71. The Kier molecular flexibility index (Phi) is 11.3. The van der Waals surface area contributed by atoms with Gasteiger partial charge in [-0.05, 0) is 43.1 Å². The zero-order chi connectivity index (χ0) is 25.0. The van der Waals surface area contributed by atoms with Crippen LogP contribution in [0, 0.1) is 11.3 Å². The van der Waals surface area contributed by atoms with Crippen molar-refractivity contribution in [2.24, 2.45) is 11.3 Å². The second-order valence-electron chi connectivity index (χ2n) is 10.1. The molecular weight excluding hydrogens is 432 g/mol. The van der Waals surface area contributed by atoms with Gasteiger partial charge in [-0.1, -0.05) is 63.3 Å². The lowest BCUT2D eigenvalue weighted by Crippen LogP contribution is -2.50. The first kappa shape index (κ1) is 27.6. The van der Waals surface area contributed by atoms with Crippen LogP contribution in [0.2, 0.25) is 0 Å². The van der Waals surface area contributed by atoms with E-state index in [2.05, 4.69) is 10.6 Å². The van der Waals surface area contributed by atoms with Crippen molar-refractivity contribution in [3.05, 3.63) is 48.0 Å². The summed E-state index contributed by atoms with van der Waals surface area (Å²) in [5.41, 5.74) is 0.691. The third-order valence-corrected chi connectivity index (χ3v) is 6.07. The molecule has 7 nitrogen and oxygen atoms in total. The van der Waals surface area contributed by atoms with Gasteiger partial charge < -0.3 is 20.5 Å². The number of carbonyl (C=O) groups excluding carboxylic acids is 3. The molecule has 34 heavy (non-hydrogen) atoms. The minimum Gasteiger partial charge on any atom is -0.463 e. The Hall–Kier alpha value is -2.67. The largest absolute Gasteiger partial charge is 0.463 e. The molecule has 0 aromatic heterocycles. The molecule has 1 aromatic rings. The predicted octanol–water partition coefficient (Wildman–Crippen LogP) is 3.31. The van der Waals surface area contributed by atoms with E-state index in [4.69, 9.17) is 4.74 Å². The van der Waals surface area contributed by atoms with Gasteiger partial charge in [-0.25, -0.2) is 0 Å². The molecule has 2 amide bonds. The predicted molar refractivity (Wildman–Crippen MR) is 132 cm³/mol. The summed E-state index contributed by atoms with van der Waals surface area (Å²) in [7, 11) is 0. The van der Waals surface area contributed by atoms with Crippen LogP contribution in [-0.2, 0) is 25.5 Å². The molecule has 0 saturated heterocycles. The number of carbonyl (C=O) groups is 3. The summed E-state index contributed by atoms with van der Waals surface area (Å²) in [5, 5.41) is 15.6. The van der Waals surface area contributed by atoms with Crippen LogP contribution in [0.5, 0.6) is 0 Å². The molecule has 0 spiro atoms. The van der Waals surface area contributed by atoms with E-state index in [-0.39, 0.29) is 48.9 Å². The smallest absolute Gasteiger partial charge is 0.305 e. The highest BCUT2D eigenvalue weighted by Gasteiger charge is 2.31. The molecule has 0 saturated carbocycles. The topological polar surface area (TPSA) is 105 Å². The van der Waals surface area contributed by atoms with Crippen LogP contribution in [0.4, 0.5) is 0 Å². The number of rotatable bonds is 6. The molecule has 188 valence electrons. The van der Waals surface area contributed by atoms with Gasteiger partial charge in [0, 0.05) is 12.8 Å². The highest BCUT2D eigenvalue weighted by atomic mass is 16.5. The first-order valence-corrected chi connectivity index (χ1v) is 12.2. The molecule has 1 heterocycles. The van der Waals surface area contributed by atoms with E-state index in [1.165, 1.54) is 0 Å². The molecule has 0 fully saturated rings. The molecule has 1 aliphatic heterocycles. The number of ether oxygens (including phenoxy) is 1. The van der Waals surface area contributed by atoms with Crippen molar-refractivity contribution in [2.75, 3.05) is 13.2 Å². The quantitative estimate of drug-likeness (QED) is 0.435. The molecule has 7 heteroatoms. The maximum absolute atomic E-state index is 13.2. The Morgan fingerprint density at radius 1 is 1.18 bits per heavy atom. The standard InChI is InChI=1S/C27H40N2O5/c1-27(2,3)23-19-34-25(32)15-11-6-4-5-10-14-21(26(33)29-23)17-24(31)28-22(18-30)16-20-12-8-7-9-13-20/h5,7-10,12-13,21-23,30H,4,6,11,14-19H2,1-3H3,(H,28,31)(H,29,33)/t21-,22-,23-/m1/s1. The average molecular weight is 473 g/mol. The van der Waals surface area contributed by atoms with E-state index in [9.17, 15) is 19.5 Å². The number of esters is 1. The highest BCUT2D eigenvalue weighted by Crippen LogP contribution is 2.22. The summed E-state index contributed by atoms with van der Waals surface area (Å²) in [6.45, 7) is 5.85. The molecule has 0 unspecified atom stereocenters. The average Bonchev–Trinajstić information content (AvgIpc) is 2.79. The number of cyclic esters (lactones) is 1. The van der Waals surface area contributed by atoms with E-state index in [1.807, 2.05) is 63.3 Å². The van der Waals surface area contributed by atoms with E-state index >= 15 is 0 Å². The number of aliphatic hydroxyl groups is 1. The molecular formula is C27H40N2O5. The minimum absolute atomic E-state index is 0.0120. The third-order valence-electron chi connectivity index (χ3n) is 6.07. The van der Waals surface area contributed by atoms with Gasteiger partial charge in [0.2, 0.25) is 11.8 Å². The van der Waals surface area contributed by atoms with Crippen molar-refractivity contribution < 1.29 is 24.2 Å². The van der Waals surface area contributed by atoms with Crippen LogP contribution in [0.1, 0.15) is 64.9 Å². The number of hydrogen-bond acceptors (Lipinski definition) is 5. The normalized spacial score (nSPS) is 21.6. The van der Waals surface area contributed by atoms with E-state index in [0.29, 0.717) is 19.3 Å².